The van der Waals surface area contributed by atoms with Crippen LogP contribution in [0.5, 0.6) is 0 Å². The van der Waals surface area contributed by atoms with Crippen LogP contribution in [-0.4, -0.2) is 5.92 Å². The molecule has 1 aromatic rings. The van der Waals surface area contributed by atoms with E-state index in [0.29, 0.717) is 16.5 Å². The van der Waals surface area contributed by atoms with Crippen molar-refractivity contribution in [2.75, 3.05) is 5.73 Å². The van der Waals surface area contributed by atoms with Gasteiger partial charge in [-0.2, -0.15) is 5.26 Å². The Morgan fingerprint density at radius 2 is 2.11 bits per heavy atom. The minimum Gasteiger partial charge on any atom is -0.389 e. The summed E-state index contributed by atoms with van der Waals surface area (Å²) >= 11 is 1.52. The number of fused-ring (bicyclic) bond motifs is 1. The molecular formula is C14H16F2N2S. The summed E-state index contributed by atoms with van der Waals surface area (Å²) in [5.41, 5.74) is 7.57. The number of nitrogens with two attached hydrogens (primary N) is 1. The van der Waals surface area contributed by atoms with Crippen LogP contribution in [0.2, 0.25) is 0 Å². The van der Waals surface area contributed by atoms with Crippen LogP contribution in [0.15, 0.2) is 0 Å². The second-order valence-corrected chi connectivity index (χ2v) is 6.97. The van der Waals surface area contributed by atoms with E-state index in [1.807, 2.05) is 0 Å². The summed E-state index contributed by atoms with van der Waals surface area (Å²) in [7, 11) is 0. The van der Waals surface area contributed by atoms with E-state index in [1.165, 1.54) is 16.2 Å². The van der Waals surface area contributed by atoms with Crippen molar-refractivity contribution in [3.05, 3.63) is 16.0 Å². The predicted molar refractivity (Wildman–Crippen MR) is 71.2 cm³/mol. The Labute approximate surface area is 115 Å². The van der Waals surface area contributed by atoms with Crippen LogP contribution in [0.3, 0.4) is 0 Å². The highest BCUT2D eigenvalue weighted by molar-refractivity contribution is 7.16. The number of aryl methyl sites for hydroxylation is 1. The maximum atomic E-state index is 12.8. The normalized spacial score (nSPS) is 25.4. The Balaban J connectivity index is 1.67. The van der Waals surface area contributed by atoms with Gasteiger partial charge in [-0.1, -0.05) is 0 Å². The molecule has 5 heteroatoms. The summed E-state index contributed by atoms with van der Waals surface area (Å²) in [5, 5.41) is 9.75. The zero-order valence-electron chi connectivity index (χ0n) is 10.6. The molecule has 2 aliphatic rings. The molecule has 0 spiro atoms. The lowest BCUT2D eigenvalue weighted by Crippen LogP contribution is -2.37. The highest BCUT2D eigenvalue weighted by atomic mass is 32.1. The van der Waals surface area contributed by atoms with E-state index in [2.05, 4.69) is 6.07 Å². The van der Waals surface area contributed by atoms with E-state index >= 15 is 0 Å². The number of halogens is 2. The molecule has 0 aliphatic heterocycles. The van der Waals surface area contributed by atoms with Crippen molar-refractivity contribution < 1.29 is 8.78 Å². The summed E-state index contributed by atoms with van der Waals surface area (Å²) < 4.78 is 25.7. The Kier molecular flexibility index (Phi) is 3.01. The number of alkyl halides is 2. The number of rotatable bonds is 2. The van der Waals surface area contributed by atoms with Gasteiger partial charge < -0.3 is 5.73 Å². The molecule has 0 saturated heterocycles. The molecule has 3 rings (SSSR count). The molecule has 1 aromatic heterocycles. The molecule has 0 bridgehead atoms. The van der Waals surface area contributed by atoms with Crippen LogP contribution >= 0.6 is 11.3 Å². The third kappa shape index (κ3) is 2.34. The highest BCUT2D eigenvalue weighted by Crippen LogP contribution is 2.47. The van der Waals surface area contributed by atoms with E-state index in [9.17, 15) is 8.78 Å². The molecule has 19 heavy (non-hydrogen) atoms. The molecular weight excluding hydrogens is 266 g/mol. The summed E-state index contributed by atoms with van der Waals surface area (Å²) in [5.74, 6) is -1.81. The van der Waals surface area contributed by atoms with E-state index in [4.69, 9.17) is 11.0 Å². The zero-order valence-corrected chi connectivity index (χ0v) is 11.4. The molecule has 1 unspecified atom stereocenters. The Morgan fingerprint density at radius 1 is 1.37 bits per heavy atom. The first kappa shape index (κ1) is 12.9. The van der Waals surface area contributed by atoms with Crippen LogP contribution in [0.4, 0.5) is 13.8 Å². The largest absolute Gasteiger partial charge is 0.389 e. The average molecular weight is 282 g/mol. The van der Waals surface area contributed by atoms with Gasteiger partial charge in [0.25, 0.3) is 0 Å². The smallest absolute Gasteiger partial charge is 0.248 e. The first-order valence-corrected chi connectivity index (χ1v) is 7.48. The van der Waals surface area contributed by atoms with Gasteiger partial charge >= 0.3 is 0 Å². The molecule has 1 heterocycles. The van der Waals surface area contributed by atoms with Crippen molar-refractivity contribution in [1.82, 2.24) is 0 Å². The first-order valence-electron chi connectivity index (χ1n) is 6.66. The summed E-state index contributed by atoms with van der Waals surface area (Å²) in [6.45, 7) is 0. The fraction of sp³-hybridized carbons (Fsp3) is 0.643. The lowest BCUT2D eigenvalue weighted by atomic mass is 9.72. The predicted octanol–water partition coefficient (Wildman–Crippen LogP) is 3.74. The minimum absolute atomic E-state index is 0.0488. The van der Waals surface area contributed by atoms with Crippen molar-refractivity contribution in [3.8, 4) is 6.07 Å². The molecule has 0 amide bonds. The van der Waals surface area contributed by atoms with Gasteiger partial charge in [0.1, 0.15) is 11.1 Å². The lowest BCUT2D eigenvalue weighted by Gasteiger charge is -2.37. The number of hydrogen-bond donors (Lipinski definition) is 1. The van der Waals surface area contributed by atoms with Gasteiger partial charge in [-0.15, -0.1) is 11.3 Å². The topological polar surface area (TPSA) is 49.8 Å². The molecule has 2 N–H and O–H groups in total. The highest BCUT2D eigenvalue weighted by Gasteiger charge is 2.45. The summed E-state index contributed by atoms with van der Waals surface area (Å²) in [6.07, 6.45) is 3.80. The number of thiophene rings is 1. The fourth-order valence-corrected chi connectivity index (χ4v) is 4.49. The number of hydrogen-bond acceptors (Lipinski definition) is 3. The molecule has 102 valence electrons. The Bertz CT molecular complexity index is 536. The molecule has 1 fully saturated rings. The SMILES string of the molecule is N#Cc1c(N)sc2c1CC(CC1CC(F)(F)C1)CC2. The van der Waals surface area contributed by atoms with E-state index < -0.39 is 5.92 Å². The van der Waals surface area contributed by atoms with Gasteiger partial charge in [0.2, 0.25) is 5.92 Å². The fourth-order valence-electron chi connectivity index (χ4n) is 3.42. The van der Waals surface area contributed by atoms with Crippen LogP contribution in [0.25, 0.3) is 0 Å². The average Bonchev–Trinajstić information content (AvgIpc) is 2.61. The third-order valence-electron chi connectivity index (χ3n) is 4.34. The quantitative estimate of drug-likeness (QED) is 0.898. The standard InChI is InChI=1S/C14H16F2N2S/c15-14(16)5-9(6-14)3-8-1-2-12-10(4-8)11(7-17)13(18)19-12/h8-9H,1-6,18H2. The van der Waals surface area contributed by atoms with Crippen LogP contribution in [-0.2, 0) is 12.8 Å². The van der Waals surface area contributed by atoms with Gasteiger partial charge in [0, 0.05) is 17.7 Å². The number of anilines is 1. The van der Waals surface area contributed by atoms with Gasteiger partial charge in [0.05, 0.1) is 5.56 Å². The zero-order chi connectivity index (χ0) is 13.6. The molecule has 2 nitrogen and oxygen atoms in total. The molecule has 1 saturated carbocycles. The Morgan fingerprint density at radius 3 is 2.74 bits per heavy atom. The van der Waals surface area contributed by atoms with Gasteiger partial charge in [0.15, 0.2) is 0 Å². The summed E-state index contributed by atoms with van der Waals surface area (Å²) in [4.78, 5) is 1.23. The van der Waals surface area contributed by atoms with Crippen LogP contribution in [0, 0.1) is 23.2 Å². The maximum Gasteiger partial charge on any atom is 0.248 e. The van der Waals surface area contributed by atoms with E-state index in [1.54, 1.807) is 0 Å². The maximum absolute atomic E-state index is 12.8. The Hall–Kier alpha value is -1.15. The number of nitrogens with zero attached hydrogens (tertiary/aromatic N) is 1. The molecule has 0 aromatic carbocycles. The van der Waals surface area contributed by atoms with Crippen LogP contribution in [0.1, 0.15) is 41.7 Å². The third-order valence-corrected chi connectivity index (χ3v) is 5.46. The van der Waals surface area contributed by atoms with Gasteiger partial charge in [-0.25, -0.2) is 8.78 Å². The van der Waals surface area contributed by atoms with Crippen molar-refractivity contribution in [1.29, 1.82) is 5.26 Å². The van der Waals surface area contributed by atoms with Crippen LogP contribution < -0.4 is 5.73 Å². The monoisotopic (exact) mass is 282 g/mol. The molecule has 0 radical (unpaired) electrons. The second kappa shape index (κ2) is 4.45. The van der Waals surface area contributed by atoms with Crippen molar-refractivity contribution in [2.45, 2.75) is 44.4 Å². The number of nitrogen functional groups attached to an aromatic ring is 1. The second-order valence-electron chi connectivity index (χ2n) is 5.83. The van der Waals surface area contributed by atoms with Gasteiger partial charge in [-0.3, -0.25) is 0 Å². The first-order chi connectivity index (χ1) is 8.98. The van der Waals surface area contributed by atoms with Crippen molar-refractivity contribution in [3.63, 3.8) is 0 Å². The number of nitriles is 1. The van der Waals surface area contributed by atoms with E-state index in [-0.39, 0.29) is 18.8 Å². The summed E-state index contributed by atoms with van der Waals surface area (Å²) in [6, 6.07) is 2.18. The molecule has 1 atom stereocenters. The van der Waals surface area contributed by atoms with Crippen molar-refractivity contribution in [2.24, 2.45) is 11.8 Å². The van der Waals surface area contributed by atoms with E-state index in [0.717, 1.165) is 31.2 Å². The molecule has 2 aliphatic carbocycles. The van der Waals surface area contributed by atoms with Crippen molar-refractivity contribution >= 4 is 16.3 Å². The lowest BCUT2D eigenvalue weighted by molar-refractivity contribution is -0.115. The minimum atomic E-state index is -2.42. The van der Waals surface area contributed by atoms with Gasteiger partial charge in [-0.05, 0) is 43.1 Å².